The number of halogens is 4. The zero-order valence-electron chi connectivity index (χ0n) is 17.4. The van der Waals surface area contributed by atoms with Crippen LogP contribution >= 0.6 is 11.6 Å². The van der Waals surface area contributed by atoms with Gasteiger partial charge in [-0.05, 0) is 43.5 Å². The highest BCUT2D eigenvalue weighted by Crippen LogP contribution is 2.47. The average Bonchev–Trinajstić information content (AvgIpc) is 3.41. The summed E-state index contributed by atoms with van der Waals surface area (Å²) >= 11 is 6.35. The second-order valence-corrected chi connectivity index (χ2v) is 8.79. The fourth-order valence-electron chi connectivity index (χ4n) is 5.29. The molecule has 1 aromatic carbocycles. The Morgan fingerprint density at radius 1 is 1.15 bits per heavy atom. The van der Waals surface area contributed by atoms with Crippen molar-refractivity contribution in [2.45, 2.75) is 31.3 Å². The molecular weight excluding hydrogens is 455 g/mol. The van der Waals surface area contributed by atoms with Gasteiger partial charge in [-0.3, -0.25) is 13.9 Å². The van der Waals surface area contributed by atoms with Crippen molar-refractivity contribution in [1.29, 1.82) is 0 Å². The van der Waals surface area contributed by atoms with Crippen LogP contribution in [0.5, 0.6) is 0 Å². The van der Waals surface area contributed by atoms with Gasteiger partial charge in [0.15, 0.2) is 28.3 Å². The first-order valence-electron chi connectivity index (χ1n) is 10.5. The maximum Gasteiger partial charge on any atom is 0.274 e. The van der Waals surface area contributed by atoms with Crippen LogP contribution in [0.25, 0.3) is 16.9 Å². The molecule has 0 unspecified atom stereocenters. The standard InChI is InChI=1S/C23H17ClF3N5O/c1-30-20(11-8-14(25)18(27)15(26)9-11)13-10-12-5-6-16(19(13)29-30)32(12)23(33)21-22(24)28-17-4-2-3-7-31(17)21/h2-4,7-9,12,16H,5-6,10H2,1H3/t12-,16+/m0/s1. The number of nitrogens with zero attached hydrogens (tertiary/aromatic N) is 5. The Hall–Kier alpha value is -3.33. The summed E-state index contributed by atoms with van der Waals surface area (Å²) in [6.07, 6.45) is 3.68. The van der Waals surface area contributed by atoms with Gasteiger partial charge in [0, 0.05) is 30.4 Å². The molecule has 1 fully saturated rings. The van der Waals surface area contributed by atoms with Gasteiger partial charge in [0.05, 0.1) is 17.4 Å². The summed E-state index contributed by atoms with van der Waals surface area (Å²) in [4.78, 5) is 19.7. The SMILES string of the molecule is Cn1nc2c(c1-c1cc(F)c(F)c(F)c1)C[C@@H]1CC[C@H]2N1C(=O)c1c(Cl)nc2ccccn12. The van der Waals surface area contributed by atoms with Crippen molar-refractivity contribution >= 4 is 23.2 Å². The predicted octanol–water partition coefficient (Wildman–Crippen LogP) is 4.71. The van der Waals surface area contributed by atoms with Gasteiger partial charge >= 0.3 is 0 Å². The molecule has 168 valence electrons. The van der Waals surface area contributed by atoms with E-state index in [1.807, 2.05) is 6.07 Å². The molecule has 0 saturated carbocycles. The van der Waals surface area contributed by atoms with E-state index in [1.54, 1.807) is 39.4 Å². The molecule has 0 radical (unpaired) electrons. The molecule has 33 heavy (non-hydrogen) atoms. The number of rotatable bonds is 2. The van der Waals surface area contributed by atoms with Crippen LogP contribution in [0.2, 0.25) is 5.15 Å². The number of pyridine rings is 1. The van der Waals surface area contributed by atoms with Crippen molar-refractivity contribution in [3.63, 3.8) is 0 Å². The zero-order valence-corrected chi connectivity index (χ0v) is 18.2. The first-order chi connectivity index (χ1) is 15.8. The highest BCUT2D eigenvalue weighted by atomic mass is 35.5. The van der Waals surface area contributed by atoms with Crippen molar-refractivity contribution in [3.05, 3.63) is 76.1 Å². The van der Waals surface area contributed by atoms with Gasteiger partial charge in [0.25, 0.3) is 5.91 Å². The molecule has 0 N–H and O–H groups in total. The lowest BCUT2D eigenvalue weighted by atomic mass is 9.94. The summed E-state index contributed by atoms with van der Waals surface area (Å²) in [6.45, 7) is 0. The van der Waals surface area contributed by atoms with E-state index in [9.17, 15) is 18.0 Å². The van der Waals surface area contributed by atoms with Crippen LogP contribution in [0.1, 0.15) is 40.6 Å². The summed E-state index contributed by atoms with van der Waals surface area (Å²) in [5.74, 6) is -4.24. The number of carbonyl (C=O) groups excluding carboxylic acids is 1. The van der Waals surface area contributed by atoms with Gasteiger partial charge < -0.3 is 4.90 Å². The Morgan fingerprint density at radius 3 is 2.67 bits per heavy atom. The Balaban J connectivity index is 1.44. The second kappa shape index (κ2) is 7.08. The lowest BCUT2D eigenvalue weighted by Crippen LogP contribution is -2.42. The van der Waals surface area contributed by atoms with Crippen LogP contribution in [0, 0.1) is 17.5 Å². The summed E-state index contributed by atoms with van der Waals surface area (Å²) in [5, 5.41) is 4.75. The highest BCUT2D eigenvalue weighted by Gasteiger charge is 2.46. The van der Waals surface area contributed by atoms with Gasteiger partial charge in [0.2, 0.25) is 0 Å². The normalized spacial score (nSPS) is 19.4. The highest BCUT2D eigenvalue weighted by molar-refractivity contribution is 6.32. The van der Waals surface area contributed by atoms with Crippen LogP contribution in [0.3, 0.4) is 0 Å². The summed E-state index contributed by atoms with van der Waals surface area (Å²) in [5.41, 5.74) is 3.13. The minimum absolute atomic E-state index is 0.126. The van der Waals surface area contributed by atoms with E-state index in [4.69, 9.17) is 11.6 Å². The van der Waals surface area contributed by atoms with E-state index < -0.39 is 17.5 Å². The predicted molar refractivity (Wildman–Crippen MR) is 114 cm³/mol. The molecule has 6 nitrogen and oxygen atoms in total. The van der Waals surface area contributed by atoms with Crippen LogP contribution in [0.4, 0.5) is 13.2 Å². The number of aryl methyl sites for hydroxylation is 1. The molecule has 10 heteroatoms. The fraction of sp³-hybridized carbons (Fsp3) is 0.261. The third-order valence-corrected chi connectivity index (χ3v) is 6.88. The molecule has 1 amide bonds. The smallest absolute Gasteiger partial charge is 0.274 e. The van der Waals surface area contributed by atoms with E-state index in [0.717, 1.165) is 24.1 Å². The number of hydrogen-bond acceptors (Lipinski definition) is 3. The Kier molecular flexibility index (Phi) is 4.35. The number of amides is 1. The molecule has 2 aliphatic rings. The molecule has 5 heterocycles. The Morgan fingerprint density at radius 2 is 1.91 bits per heavy atom. The van der Waals surface area contributed by atoms with Crippen LogP contribution in [0.15, 0.2) is 36.5 Å². The first-order valence-corrected chi connectivity index (χ1v) is 10.9. The lowest BCUT2D eigenvalue weighted by molar-refractivity contribution is 0.0635. The Labute approximate surface area is 191 Å². The first kappa shape index (κ1) is 20.3. The van der Waals surface area contributed by atoms with Crippen molar-refractivity contribution in [2.24, 2.45) is 7.05 Å². The summed E-state index contributed by atoms with van der Waals surface area (Å²) in [6, 6.07) is 6.93. The van der Waals surface area contributed by atoms with Gasteiger partial charge in [-0.15, -0.1) is 0 Å². The number of carbonyl (C=O) groups is 1. The number of benzene rings is 1. The molecule has 6 rings (SSSR count). The van der Waals surface area contributed by atoms with Gasteiger partial charge in [-0.25, -0.2) is 18.2 Å². The molecule has 3 aromatic heterocycles. The number of aromatic nitrogens is 4. The monoisotopic (exact) mass is 471 g/mol. The summed E-state index contributed by atoms with van der Waals surface area (Å²) < 4.78 is 44.6. The third-order valence-electron chi connectivity index (χ3n) is 6.62. The van der Waals surface area contributed by atoms with Crippen molar-refractivity contribution in [1.82, 2.24) is 24.1 Å². The van der Waals surface area contributed by atoms with Gasteiger partial charge in [-0.1, -0.05) is 17.7 Å². The van der Waals surface area contributed by atoms with E-state index in [0.29, 0.717) is 35.6 Å². The topological polar surface area (TPSA) is 55.4 Å². The quantitative estimate of drug-likeness (QED) is 0.398. The lowest BCUT2D eigenvalue weighted by Gasteiger charge is -2.34. The molecule has 4 aromatic rings. The van der Waals surface area contributed by atoms with Crippen LogP contribution in [-0.4, -0.2) is 36.0 Å². The fourth-order valence-corrected chi connectivity index (χ4v) is 5.54. The van der Waals surface area contributed by atoms with E-state index in [-0.39, 0.29) is 28.7 Å². The second-order valence-electron chi connectivity index (χ2n) is 8.43. The van der Waals surface area contributed by atoms with E-state index in [1.165, 1.54) is 0 Å². The minimum atomic E-state index is -1.50. The molecular formula is C23H17ClF3N5O. The third kappa shape index (κ3) is 2.84. The molecule has 2 bridgehead atoms. The van der Waals surface area contributed by atoms with Crippen LogP contribution < -0.4 is 0 Å². The molecule has 2 aliphatic heterocycles. The molecule has 0 spiro atoms. The molecule has 1 saturated heterocycles. The van der Waals surface area contributed by atoms with Crippen molar-refractivity contribution < 1.29 is 18.0 Å². The number of imidazole rings is 1. The molecule has 2 atom stereocenters. The van der Waals surface area contributed by atoms with Gasteiger partial charge in [0.1, 0.15) is 5.65 Å². The average molecular weight is 472 g/mol. The van der Waals surface area contributed by atoms with Crippen molar-refractivity contribution in [2.75, 3.05) is 0 Å². The Bertz CT molecular complexity index is 1440. The molecule has 0 aliphatic carbocycles. The van der Waals surface area contributed by atoms with E-state index in [2.05, 4.69) is 10.1 Å². The minimum Gasteiger partial charge on any atom is -0.325 e. The van der Waals surface area contributed by atoms with Crippen LogP contribution in [-0.2, 0) is 13.5 Å². The maximum absolute atomic E-state index is 13.9. The van der Waals surface area contributed by atoms with E-state index >= 15 is 0 Å². The summed E-state index contributed by atoms with van der Waals surface area (Å²) in [7, 11) is 1.67. The zero-order chi connectivity index (χ0) is 23.0. The number of fused-ring (bicyclic) bond motifs is 5. The number of hydrogen-bond donors (Lipinski definition) is 0. The van der Waals surface area contributed by atoms with Gasteiger partial charge in [-0.2, -0.15) is 5.10 Å². The largest absolute Gasteiger partial charge is 0.325 e. The maximum atomic E-state index is 13.9. The van der Waals surface area contributed by atoms with Crippen molar-refractivity contribution in [3.8, 4) is 11.3 Å².